The molecule has 4 aromatic rings. The van der Waals surface area contributed by atoms with Crippen LogP contribution in [0.5, 0.6) is 0 Å². The third kappa shape index (κ3) is 6.00. The van der Waals surface area contributed by atoms with Gasteiger partial charge in [-0.1, -0.05) is 72.3 Å². The first-order chi connectivity index (χ1) is 17.4. The quantitative estimate of drug-likeness (QED) is 0.243. The van der Waals surface area contributed by atoms with Crippen LogP contribution in [0.4, 0.5) is 0 Å². The van der Waals surface area contributed by atoms with Crippen LogP contribution in [-0.2, 0) is 32.9 Å². The van der Waals surface area contributed by atoms with Crippen molar-refractivity contribution in [3.63, 3.8) is 0 Å². The Morgan fingerprint density at radius 2 is 1.69 bits per heavy atom. The molecule has 0 spiro atoms. The van der Waals surface area contributed by atoms with Crippen LogP contribution in [0.15, 0.2) is 78.9 Å². The molecule has 0 bridgehead atoms. The molecular formula is C30H28ClNO4. The lowest BCUT2D eigenvalue weighted by molar-refractivity contribution is -0.219. The predicted octanol–water partition coefficient (Wildman–Crippen LogP) is 6.76. The first kappa shape index (κ1) is 25.6. The summed E-state index contributed by atoms with van der Waals surface area (Å²) in [7, 11) is 3.25. The van der Waals surface area contributed by atoms with Crippen molar-refractivity contribution in [2.24, 2.45) is 0 Å². The fraction of sp³-hybridized carbons (Fsp3) is 0.200. The molecule has 5 nitrogen and oxygen atoms in total. The minimum Gasteiger partial charge on any atom is -0.481 e. The highest BCUT2D eigenvalue weighted by atomic mass is 35.5. The Morgan fingerprint density at radius 1 is 0.944 bits per heavy atom. The Bertz CT molecular complexity index is 1390. The number of carboxylic acid groups (broad SMARTS) is 1. The fourth-order valence-corrected chi connectivity index (χ4v) is 4.53. The minimum atomic E-state index is -0.974. The highest BCUT2D eigenvalue weighted by Crippen LogP contribution is 2.33. The summed E-state index contributed by atoms with van der Waals surface area (Å²) in [6, 6.07) is 25.2. The number of benzene rings is 3. The van der Waals surface area contributed by atoms with Crippen LogP contribution in [0.3, 0.4) is 0 Å². The van der Waals surface area contributed by atoms with E-state index in [-0.39, 0.29) is 6.42 Å². The maximum absolute atomic E-state index is 11.3. The second-order valence-electron chi connectivity index (χ2n) is 8.53. The summed E-state index contributed by atoms with van der Waals surface area (Å²) in [6.45, 7) is 0. The average Bonchev–Trinajstić information content (AvgIpc) is 2.89. The molecule has 4 rings (SSSR count). The van der Waals surface area contributed by atoms with Gasteiger partial charge in [-0.2, -0.15) is 0 Å². The van der Waals surface area contributed by atoms with E-state index in [1.165, 1.54) is 0 Å². The normalized spacial score (nSPS) is 11.9. The van der Waals surface area contributed by atoms with Crippen molar-refractivity contribution in [1.29, 1.82) is 0 Å². The highest BCUT2D eigenvalue weighted by molar-refractivity contribution is 6.31. The standard InChI is InChI=1S/C30H28ClNO4/c1-35-30(36-2,17-16-22-7-3-4-8-24(22)19-29(33)34)25-9-5-6-21(18-25)10-14-27-15-12-23-11-13-26(31)20-28(23)32-27/h3-15,18,20H,16-17,19H2,1-2H3,(H,33,34)/b14-10+. The number of fused-ring (bicyclic) bond motifs is 1. The molecule has 184 valence electrons. The lowest BCUT2D eigenvalue weighted by Crippen LogP contribution is -2.31. The number of carboxylic acids is 1. The Morgan fingerprint density at radius 3 is 2.44 bits per heavy atom. The number of aryl methyl sites for hydroxylation is 1. The van der Waals surface area contributed by atoms with Gasteiger partial charge in [0.1, 0.15) is 0 Å². The summed E-state index contributed by atoms with van der Waals surface area (Å²) in [5.74, 6) is -1.83. The molecule has 0 aliphatic carbocycles. The van der Waals surface area contributed by atoms with E-state index in [0.29, 0.717) is 17.9 Å². The van der Waals surface area contributed by atoms with E-state index in [4.69, 9.17) is 21.1 Å². The molecule has 1 N–H and O–H groups in total. The van der Waals surface area contributed by atoms with Crippen LogP contribution < -0.4 is 0 Å². The van der Waals surface area contributed by atoms with E-state index in [0.717, 1.165) is 38.9 Å². The predicted molar refractivity (Wildman–Crippen MR) is 144 cm³/mol. The van der Waals surface area contributed by atoms with Crippen LogP contribution in [0.25, 0.3) is 23.1 Å². The van der Waals surface area contributed by atoms with Crippen LogP contribution in [0.2, 0.25) is 5.02 Å². The zero-order chi connectivity index (χ0) is 25.5. The topological polar surface area (TPSA) is 68.7 Å². The molecule has 0 saturated carbocycles. The van der Waals surface area contributed by atoms with Gasteiger partial charge in [0.25, 0.3) is 0 Å². The monoisotopic (exact) mass is 501 g/mol. The number of nitrogens with zero attached hydrogens (tertiary/aromatic N) is 1. The number of hydrogen-bond donors (Lipinski definition) is 1. The summed E-state index contributed by atoms with van der Waals surface area (Å²) in [6.07, 6.45) is 5.08. The lowest BCUT2D eigenvalue weighted by Gasteiger charge is -2.32. The Balaban J connectivity index is 1.56. The van der Waals surface area contributed by atoms with E-state index >= 15 is 0 Å². The molecule has 1 heterocycles. The third-order valence-corrected chi connectivity index (χ3v) is 6.53. The van der Waals surface area contributed by atoms with Gasteiger partial charge in [-0.15, -0.1) is 0 Å². The minimum absolute atomic E-state index is 0.0154. The fourth-order valence-electron chi connectivity index (χ4n) is 4.36. The van der Waals surface area contributed by atoms with Crippen LogP contribution in [0, 0.1) is 0 Å². The van der Waals surface area contributed by atoms with Crippen molar-refractivity contribution in [2.75, 3.05) is 14.2 Å². The number of aromatic nitrogens is 1. The number of hydrogen-bond acceptors (Lipinski definition) is 4. The van der Waals surface area contributed by atoms with Gasteiger partial charge in [0, 0.05) is 36.6 Å². The molecule has 0 saturated heterocycles. The van der Waals surface area contributed by atoms with Gasteiger partial charge in [0.2, 0.25) is 0 Å². The van der Waals surface area contributed by atoms with Gasteiger partial charge >= 0.3 is 5.97 Å². The molecule has 0 unspecified atom stereocenters. The summed E-state index contributed by atoms with van der Waals surface area (Å²) < 4.78 is 11.8. The van der Waals surface area contributed by atoms with Crippen molar-refractivity contribution in [2.45, 2.75) is 25.0 Å². The first-order valence-corrected chi connectivity index (χ1v) is 12.0. The summed E-state index contributed by atoms with van der Waals surface area (Å²) >= 11 is 6.12. The van der Waals surface area contributed by atoms with Crippen LogP contribution >= 0.6 is 11.6 Å². The van der Waals surface area contributed by atoms with Gasteiger partial charge in [-0.25, -0.2) is 4.98 Å². The van der Waals surface area contributed by atoms with E-state index in [2.05, 4.69) is 4.98 Å². The van der Waals surface area contributed by atoms with E-state index in [1.54, 1.807) is 14.2 Å². The van der Waals surface area contributed by atoms with E-state index < -0.39 is 11.8 Å². The smallest absolute Gasteiger partial charge is 0.307 e. The molecule has 3 aromatic carbocycles. The van der Waals surface area contributed by atoms with Gasteiger partial charge in [-0.3, -0.25) is 4.79 Å². The van der Waals surface area contributed by atoms with Gasteiger partial charge in [0.05, 0.1) is 17.6 Å². The van der Waals surface area contributed by atoms with Crippen molar-refractivity contribution < 1.29 is 19.4 Å². The largest absolute Gasteiger partial charge is 0.481 e. The molecule has 0 atom stereocenters. The maximum atomic E-state index is 11.3. The average molecular weight is 502 g/mol. The van der Waals surface area contributed by atoms with E-state index in [1.807, 2.05) is 91.0 Å². The zero-order valence-corrected chi connectivity index (χ0v) is 21.0. The van der Waals surface area contributed by atoms with Crippen molar-refractivity contribution in [3.05, 3.63) is 112 Å². The second-order valence-corrected chi connectivity index (χ2v) is 8.97. The van der Waals surface area contributed by atoms with E-state index in [9.17, 15) is 9.90 Å². The molecule has 0 amide bonds. The molecule has 36 heavy (non-hydrogen) atoms. The second kappa shape index (κ2) is 11.5. The van der Waals surface area contributed by atoms with Gasteiger partial charge in [0.15, 0.2) is 5.79 Å². The van der Waals surface area contributed by atoms with Gasteiger partial charge < -0.3 is 14.6 Å². The molecule has 0 fully saturated rings. The van der Waals surface area contributed by atoms with Crippen molar-refractivity contribution >= 4 is 40.6 Å². The SMILES string of the molecule is COC(CCc1ccccc1CC(=O)O)(OC)c1cccc(/C=C/c2ccc3ccc(Cl)cc3n2)c1. The summed E-state index contributed by atoms with van der Waals surface area (Å²) in [5.41, 5.74) is 5.30. The van der Waals surface area contributed by atoms with Crippen molar-refractivity contribution in [3.8, 4) is 0 Å². The first-order valence-electron chi connectivity index (χ1n) is 11.7. The number of pyridine rings is 1. The zero-order valence-electron chi connectivity index (χ0n) is 20.3. The Labute approximate surface area is 216 Å². The molecule has 0 aliphatic rings. The summed E-state index contributed by atoms with van der Waals surface area (Å²) in [4.78, 5) is 16.0. The number of rotatable bonds is 10. The molecule has 6 heteroatoms. The molecule has 0 aliphatic heterocycles. The number of halogens is 1. The van der Waals surface area contributed by atoms with Gasteiger partial charge in [-0.05, 0) is 53.5 Å². The Hall–Kier alpha value is -3.51. The highest BCUT2D eigenvalue weighted by Gasteiger charge is 2.32. The number of methoxy groups -OCH3 is 2. The lowest BCUT2D eigenvalue weighted by atomic mass is 9.93. The van der Waals surface area contributed by atoms with Crippen LogP contribution in [0.1, 0.15) is 34.4 Å². The maximum Gasteiger partial charge on any atom is 0.307 e. The third-order valence-electron chi connectivity index (χ3n) is 6.29. The Kier molecular flexibility index (Phi) is 8.16. The number of carbonyl (C=O) groups is 1. The summed E-state index contributed by atoms with van der Waals surface area (Å²) in [5, 5.41) is 10.9. The van der Waals surface area contributed by atoms with Crippen molar-refractivity contribution in [1.82, 2.24) is 4.98 Å². The molecular weight excluding hydrogens is 474 g/mol. The molecule has 1 aromatic heterocycles. The van der Waals surface area contributed by atoms with Crippen LogP contribution in [-0.4, -0.2) is 30.3 Å². The number of ether oxygens (including phenoxy) is 2. The number of aliphatic carboxylic acids is 1. The molecule has 0 radical (unpaired) electrons.